The Labute approximate surface area is 256 Å². The summed E-state index contributed by atoms with van der Waals surface area (Å²) >= 11 is 0. The molecule has 0 spiro atoms. The van der Waals surface area contributed by atoms with Crippen molar-refractivity contribution >= 4 is 23.6 Å². The monoisotopic (exact) mass is 593 g/mol. The molecule has 4 saturated carbocycles. The van der Waals surface area contributed by atoms with E-state index < -0.39 is 5.41 Å². The maximum atomic E-state index is 14.3. The molecular weight excluding hydrogens is 542 g/mol. The van der Waals surface area contributed by atoms with E-state index in [1.54, 1.807) is 7.05 Å². The van der Waals surface area contributed by atoms with Gasteiger partial charge in [0.2, 0.25) is 11.9 Å². The number of hydrogen-bond acceptors (Lipinski definition) is 7. The highest BCUT2D eigenvalue weighted by atomic mass is 16.5. The van der Waals surface area contributed by atoms with Crippen LogP contribution in [0, 0.1) is 50.7 Å². The van der Waals surface area contributed by atoms with Gasteiger partial charge < -0.3 is 4.74 Å². The van der Waals surface area contributed by atoms with E-state index in [0.29, 0.717) is 24.2 Å². The molecule has 0 bridgehead atoms. The molecule has 0 radical (unpaired) electrons. The number of aryl methyl sites for hydroxylation is 1. The topological polar surface area (TPSA) is 116 Å². The van der Waals surface area contributed by atoms with E-state index in [4.69, 9.17) is 4.74 Å². The number of nitrogens with zero attached hydrogens (tertiary/aromatic N) is 4. The lowest BCUT2D eigenvalue weighted by Crippen LogP contribution is -2.64. The van der Waals surface area contributed by atoms with Gasteiger partial charge in [0.1, 0.15) is 11.9 Å². The average Bonchev–Trinajstić information content (AvgIpc) is 3.46. The van der Waals surface area contributed by atoms with Gasteiger partial charge >= 0.3 is 5.97 Å². The molecule has 1 amide bonds. The second-order valence-electron chi connectivity index (χ2n) is 16.3. The molecule has 0 aromatic carbocycles. The Hall–Kier alpha value is -2.58. The number of rotatable bonds is 4. The van der Waals surface area contributed by atoms with Crippen LogP contribution in [0.25, 0.3) is 0 Å². The van der Waals surface area contributed by atoms with Gasteiger partial charge in [-0.25, -0.2) is 4.68 Å². The molecule has 9 heteroatoms. The molecule has 1 aromatic rings. The number of ether oxygens (including phenoxy) is 1. The average molecular weight is 594 g/mol. The molecule has 0 saturated heterocycles. The molecule has 5 aliphatic carbocycles. The summed E-state index contributed by atoms with van der Waals surface area (Å²) in [5, 5.41) is 14.6. The van der Waals surface area contributed by atoms with Crippen molar-refractivity contribution in [3.63, 3.8) is 0 Å². The first-order valence-corrected chi connectivity index (χ1v) is 16.5. The van der Waals surface area contributed by atoms with E-state index in [1.165, 1.54) is 17.2 Å². The highest BCUT2D eigenvalue weighted by Gasteiger charge is 2.69. The molecule has 0 aliphatic heterocycles. The Morgan fingerprint density at radius 2 is 1.72 bits per heavy atom. The van der Waals surface area contributed by atoms with Gasteiger partial charge in [0.25, 0.3) is 0 Å². The number of carbonyl (C=O) groups is 3. The molecule has 4 fully saturated rings. The quantitative estimate of drug-likeness (QED) is 0.333. The number of hydrogen-bond donors (Lipinski definition) is 1. The third-order valence-electron chi connectivity index (χ3n) is 13.9. The van der Waals surface area contributed by atoms with Gasteiger partial charge in [-0.2, -0.15) is 0 Å². The maximum absolute atomic E-state index is 14.3. The zero-order chi connectivity index (χ0) is 31.3. The van der Waals surface area contributed by atoms with E-state index >= 15 is 0 Å². The SMILES string of the molecule is CC(=O)O[C@H]1CC[C@]2(C)[C@H]3CCC4=C5C(C(C)C)C(=O)C[C@]5(C(=O)Nc5nnnn5C)CC[C@@]4(C)[C@]3(C)CC[C@H]2C1(C)C. The first-order chi connectivity index (χ1) is 20.0. The number of esters is 1. The van der Waals surface area contributed by atoms with Crippen LogP contribution in [0.15, 0.2) is 11.1 Å². The second kappa shape index (κ2) is 9.71. The Kier molecular flexibility index (Phi) is 6.87. The number of allylic oxidation sites excluding steroid dienone is 1. The first-order valence-electron chi connectivity index (χ1n) is 16.5. The molecule has 43 heavy (non-hydrogen) atoms. The van der Waals surface area contributed by atoms with Crippen molar-refractivity contribution in [3.8, 4) is 0 Å². The first kappa shape index (κ1) is 30.4. The minimum absolute atomic E-state index is 0.0430. The van der Waals surface area contributed by atoms with Crippen molar-refractivity contribution in [1.29, 1.82) is 0 Å². The fraction of sp³-hybridized carbons (Fsp3) is 0.824. The summed E-state index contributed by atoms with van der Waals surface area (Å²) in [6.07, 6.45) is 7.93. The van der Waals surface area contributed by atoms with E-state index in [9.17, 15) is 14.4 Å². The predicted molar refractivity (Wildman–Crippen MR) is 162 cm³/mol. The van der Waals surface area contributed by atoms with Crippen molar-refractivity contribution in [2.75, 3.05) is 5.32 Å². The van der Waals surface area contributed by atoms with Crippen molar-refractivity contribution in [3.05, 3.63) is 11.1 Å². The minimum atomic E-state index is -0.846. The number of anilines is 1. The summed E-state index contributed by atoms with van der Waals surface area (Å²) in [5.41, 5.74) is 1.68. The molecule has 1 N–H and O–H groups in total. The summed E-state index contributed by atoms with van der Waals surface area (Å²) in [4.78, 5) is 40.1. The lowest BCUT2D eigenvalue weighted by molar-refractivity contribution is -0.213. The van der Waals surface area contributed by atoms with Gasteiger partial charge in [-0.05, 0) is 101 Å². The number of carbonyl (C=O) groups excluding carboxylic acids is 3. The number of Topliss-reactive ketones (excluding diaryl/α,β-unsaturated/α-hetero) is 1. The molecule has 236 valence electrons. The van der Waals surface area contributed by atoms with E-state index in [1.807, 2.05) is 0 Å². The number of aromatic nitrogens is 4. The second-order valence-corrected chi connectivity index (χ2v) is 16.3. The summed E-state index contributed by atoms with van der Waals surface area (Å²) in [7, 11) is 1.71. The van der Waals surface area contributed by atoms with E-state index in [0.717, 1.165) is 50.5 Å². The summed E-state index contributed by atoms with van der Waals surface area (Å²) in [6, 6.07) is 0. The molecule has 6 rings (SSSR count). The number of nitrogens with one attached hydrogen (secondary N) is 1. The predicted octanol–water partition coefficient (Wildman–Crippen LogP) is 6.06. The van der Waals surface area contributed by atoms with Crippen LogP contribution < -0.4 is 5.32 Å². The van der Waals surface area contributed by atoms with E-state index in [2.05, 4.69) is 69.3 Å². The molecule has 8 atom stereocenters. The summed E-state index contributed by atoms with van der Waals surface area (Å²) in [6.45, 7) is 18.0. The number of tetrazole rings is 1. The third-order valence-corrected chi connectivity index (χ3v) is 13.9. The van der Waals surface area contributed by atoms with Crippen LogP contribution in [-0.2, 0) is 26.2 Å². The molecular formula is C34H51N5O4. The zero-order valence-electron chi connectivity index (χ0n) is 27.7. The lowest BCUT2D eigenvalue weighted by atomic mass is 9.34. The Bertz CT molecular complexity index is 1400. The highest BCUT2D eigenvalue weighted by Crippen LogP contribution is 2.76. The fourth-order valence-corrected chi connectivity index (χ4v) is 11.7. The van der Waals surface area contributed by atoms with Crippen LogP contribution >= 0.6 is 0 Å². The van der Waals surface area contributed by atoms with Crippen molar-refractivity contribution in [2.24, 2.45) is 57.8 Å². The molecule has 1 aromatic heterocycles. The zero-order valence-corrected chi connectivity index (χ0v) is 27.7. The minimum Gasteiger partial charge on any atom is -0.462 e. The normalized spacial score (nSPS) is 41.7. The molecule has 1 heterocycles. The van der Waals surface area contributed by atoms with Gasteiger partial charge in [0, 0.05) is 31.7 Å². The number of ketones is 1. The van der Waals surface area contributed by atoms with Crippen LogP contribution in [0.2, 0.25) is 0 Å². The molecule has 5 aliphatic rings. The Morgan fingerprint density at radius 3 is 2.35 bits per heavy atom. The number of fused-ring (bicyclic) bond motifs is 6. The largest absolute Gasteiger partial charge is 0.462 e. The maximum Gasteiger partial charge on any atom is 0.302 e. The van der Waals surface area contributed by atoms with Crippen LogP contribution in [0.1, 0.15) is 113 Å². The molecule has 9 nitrogen and oxygen atoms in total. The van der Waals surface area contributed by atoms with Crippen molar-refractivity contribution in [2.45, 2.75) is 119 Å². The number of amides is 1. The highest BCUT2D eigenvalue weighted by molar-refractivity contribution is 6.05. The van der Waals surface area contributed by atoms with Gasteiger partial charge in [-0.3, -0.25) is 19.7 Å². The Morgan fingerprint density at radius 1 is 1.00 bits per heavy atom. The van der Waals surface area contributed by atoms with Gasteiger partial charge in [0.05, 0.1) is 5.41 Å². The molecule has 1 unspecified atom stereocenters. The van der Waals surface area contributed by atoms with Crippen LogP contribution in [0.3, 0.4) is 0 Å². The summed E-state index contributed by atoms with van der Waals surface area (Å²) in [5.74, 6) is 1.07. The summed E-state index contributed by atoms with van der Waals surface area (Å²) < 4.78 is 7.37. The lowest BCUT2D eigenvalue weighted by Gasteiger charge is -2.70. The van der Waals surface area contributed by atoms with Crippen molar-refractivity contribution in [1.82, 2.24) is 20.2 Å². The fourth-order valence-electron chi connectivity index (χ4n) is 11.7. The van der Waals surface area contributed by atoms with Gasteiger partial charge in [0.15, 0.2) is 0 Å². The van der Waals surface area contributed by atoms with Crippen LogP contribution in [-0.4, -0.2) is 44.0 Å². The standard InChI is InChI=1S/C34H51N5O4/c1-19(2)26-22(41)18-34(28(42)35-29-36-37-38-39(29)9)17-16-32(7)21(27(26)34)10-11-24-31(6)14-13-25(43-20(3)40)30(4,5)23(31)12-15-33(24,32)8/h19,23-26H,10-18H2,1-9H3,(H,35,36,38,42)/t23-,24+,25-,26?,31-,32+,33+,34+/m0/s1. The van der Waals surface area contributed by atoms with Gasteiger partial charge in [-0.1, -0.05) is 59.1 Å². The van der Waals surface area contributed by atoms with E-state index in [-0.39, 0.29) is 63.7 Å². The van der Waals surface area contributed by atoms with Gasteiger partial charge in [-0.15, -0.1) is 0 Å². The third kappa shape index (κ3) is 4.00. The smallest absolute Gasteiger partial charge is 0.302 e. The van der Waals surface area contributed by atoms with Crippen LogP contribution in [0.5, 0.6) is 0 Å². The van der Waals surface area contributed by atoms with Crippen molar-refractivity contribution < 1.29 is 19.1 Å². The van der Waals surface area contributed by atoms with Crippen LogP contribution in [0.4, 0.5) is 5.95 Å². The Balaban J connectivity index is 1.43.